The molecule has 1 N–H and O–H groups in total. The van der Waals surface area contributed by atoms with Crippen LogP contribution in [0.5, 0.6) is 0 Å². The highest BCUT2D eigenvalue weighted by Gasteiger charge is 2.20. The van der Waals surface area contributed by atoms with Crippen molar-refractivity contribution in [3.05, 3.63) is 72.2 Å². The van der Waals surface area contributed by atoms with E-state index in [0.717, 1.165) is 27.8 Å². The quantitative estimate of drug-likeness (QED) is 0.624. The number of fused-ring (bicyclic) bond motifs is 2. The number of pyridine rings is 1. The maximum absolute atomic E-state index is 5.99. The first kappa shape index (κ1) is 12.2. The van der Waals surface area contributed by atoms with Crippen molar-refractivity contribution in [2.75, 3.05) is 7.05 Å². The molecule has 0 fully saturated rings. The molecule has 0 aliphatic heterocycles. The van der Waals surface area contributed by atoms with E-state index >= 15 is 0 Å². The number of hydrogen-bond acceptors (Lipinski definition) is 3. The summed E-state index contributed by atoms with van der Waals surface area (Å²) in [5.41, 5.74) is 3.10. The monoisotopic (exact) mass is 277 g/mol. The van der Waals surface area contributed by atoms with Crippen LogP contribution in [-0.2, 0) is 0 Å². The number of para-hydroxylation sites is 1. The van der Waals surface area contributed by atoms with Gasteiger partial charge in [-0.1, -0.05) is 24.3 Å². The van der Waals surface area contributed by atoms with Crippen molar-refractivity contribution >= 4 is 16.5 Å². The molecule has 0 amide bonds. The second-order valence-corrected chi connectivity index (χ2v) is 5.04. The number of benzene rings is 1. The minimum absolute atomic E-state index is 0.0164. The lowest BCUT2D eigenvalue weighted by Crippen LogP contribution is -2.16. The van der Waals surface area contributed by atoms with Gasteiger partial charge in [0.25, 0.3) is 0 Å². The zero-order chi connectivity index (χ0) is 14.2. The number of rotatable bonds is 3. The zero-order valence-corrected chi connectivity index (χ0v) is 11.7. The molecular formula is C17H15N3O. The Balaban J connectivity index is 1.87. The Kier molecular flexibility index (Phi) is 2.75. The van der Waals surface area contributed by atoms with Crippen LogP contribution in [-0.4, -0.2) is 16.7 Å². The van der Waals surface area contributed by atoms with Crippen LogP contribution in [0.25, 0.3) is 16.5 Å². The minimum atomic E-state index is -0.0164. The summed E-state index contributed by atoms with van der Waals surface area (Å²) >= 11 is 0. The van der Waals surface area contributed by atoms with Gasteiger partial charge in [-0.15, -0.1) is 0 Å². The van der Waals surface area contributed by atoms with Gasteiger partial charge in [0.1, 0.15) is 11.3 Å². The van der Waals surface area contributed by atoms with E-state index in [-0.39, 0.29) is 6.04 Å². The summed E-state index contributed by atoms with van der Waals surface area (Å²) in [6, 6.07) is 16.2. The molecule has 0 saturated heterocycles. The summed E-state index contributed by atoms with van der Waals surface area (Å²) in [5, 5.41) is 8.84. The molecule has 4 aromatic rings. The first-order chi connectivity index (χ1) is 10.4. The molecule has 4 nitrogen and oxygen atoms in total. The van der Waals surface area contributed by atoms with Gasteiger partial charge in [-0.2, -0.15) is 5.10 Å². The van der Waals surface area contributed by atoms with E-state index in [1.54, 1.807) is 0 Å². The van der Waals surface area contributed by atoms with Crippen molar-refractivity contribution in [2.45, 2.75) is 6.04 Å². The van der Waals surface area contributed by atoms with Crippen LogP contribution in [0.3, 0.4) is 0 Å². The summed E-state index contributed by atoms with van der Waals surface area (Å²) in [5.74, 6) is 0.900. The van der Waals surface area contributed by atoms with E-state index in [1.165, 1.54) is 0 Å². The highest BCUT2D eigenvalue weighted by molar-refractivity contribution is 5.78. The lowest BCUT2D eigenvalue weighted by atomic mass is 10.1. The Morgan fingerprint density at radius 1 is 1.14 bits per heavy atom. The minimum Gasteiger partial charge on any atom is -0.459 e. The standard InChI is InChI=1S/C17H15N3O/c1-18-17(13-11-19-20-9-5-4-7-14(13)20)16-10-12-6-2-3-8-15(12)21-16/h2-11,17-18H,1H3. The van der Waals surface area contributed by atoms with Crippen molar-refractivity contribution in [1.29, 1.82) is 0 Å². The Morgan fingerprint density at radius 2 is 2.00 bits per heavy atom. The first-order valence-electron chi connectivity index (χ1n) is 6.95. The predicted octanol–water partition coefficient (Wildman–Crippen LogP) is 3.39. The number of hydrogen-bond donors (Lipinski definition) is 1. The molecule has 0 saturated carbocycles. The Labute approximate surface area is 122 Å². The van der Waals surface area contributed by atoms with Gasteiger partial charge >= 0.3 is 0 Å². The predicted molar refractivity (Wildman–Crippen MR) is 82.3 cm³/mol. The molecular weight excluding hydrogens is 262 g/mol. The molecule has 0 bridgehead atoms. The smallest absolute Gasteiger partial charge is 0.134 e. The topological polar surface area (TPSA) is 42.5 Å². The van der Waals surface area contributed by atoms with Crippen molar-refractivity contribution in [2.24, 2.45) is 0 Å². The Morgan fingerprint density at radius 3 is 2.86 bits per heavy atom. The van der Waals surface area contributed by atoms with Crippen LogP contribution in [0.1, 0.15) is 17.4 Å². The molecule has 4 heteroatoms. The van der Waals surface area contributed by atoms with Crippen LogP contribution >= 0.6 is 0 Å². The number of nitrogens with zero attached hydrogens (tertiary/aromatic N) is 2. The number of nitrogens with one attached hydrogen (secondary N) is 1. The van der Waals surface area contributed by atoms with Crippen LogP contribution in [0.2, 0.25) is 0 Å². The van der Waals surface area contributed by atoms with Gasteiger partial charge in [0.2, 0.25) is 0 Å². The third-order valence-electron chi connectivity index (χ3n) is 3.79. The fraction of sp³-hybridized carbons (Fsp3) is 0.118. The SMILES string of the molecule is CNC(c1cc2ccccc2o1)c1cnn2ccccc12. The molecule has 4 rings (SSSR count). The lowest BCUT2D eigenvalue weighted by Gasteiger charge is -2.12. The molecule has 1 unspecified atom stereocenters. The van der Waals surface area contributed by atoms with E-state index in [4.69, 9.17) is 4.42 Å². The maximum Gasteiger partial charge on any atom is 0.134 e. The van der Waals surface area contributed by atoms with Gasteiger partial charge in [0.15, 0.2) is 0 Å². The largest absolute Gasteiger partial charge is 0.459 e. The average molecular weight is 277 g/mol. The van der Waals surface area contributed by atoms with Gasteiger partial charge < -0.3 is 9.73 Å². The van der Waals surface area contributed by atoms with E-state index in [2.05, 4.69) is 28.6 Å². The van der Waals surface area contributed by atoms with E-state index in [1.807, 2.05) is 54.3 Å². The van der Waals surface area contributed by atoms with E-state index in [0.29, 0.717) is 0 Å². The van der Waals surface area contributed by atoms with Crippen molar-refractivity contribution in [3.8, 4) is 0 Å². The molecule has 0 spiro atoms. The molecule has 0 radical (unpaired) electrons. The van der Waals surface area contributed by atoms with Crippen molar-refractivity contribution in [3.63, 3.8) is 0 Å². The molecule has 1 atom stereocenters. The lowest BCUT2D eigenvalue weighted by molar-refractivity contribution is 0.493. The normalized spacial score (nSPS) is 13.0. The average Bonchev–Trinajstić information content (AvgIpc) is 3.13. The number of aromatic nitrogens is 2. The maximum atomic E-state index is 5.99. The van der Waals surface area contributed by atoms with Crippen molar-refractivity contribution < 1.29 is 4.42 Å². The fourth-order valence-corrected chi connectivity index (χ4v) is 2.77. The fourth-order valence-electron chi connectivity index (χ4n) is 2.77. The van der Waals surface area contributed by atoms with E-state index in [9.17, 15) is 0 Å². The van der Waals surface area contributed by atoms with Gasteiger partial charge in [0.05, 0.1) is 17.8 Å². The number of furan rings is 1. The molecule has 3 aromatic heterocycles. The van der Waals surface area contributed by atoms with Crippen molar-refractivity contribution in [1.82, 2.24) is 14.9 Å². The molecule has 0 aliphatic carbocycles. The van der Waals surface area contributed by atoms with Gasteiger partial charge in [0, 0.05) is 17.1 Å². The third-order valence-corrected chi connectivity index (χ3v) is 3.79. The molecule has 21 heavy (non-hydrogen) atoms. The zero-order valence-electron chi connectivity index (χ0n) is 11.7. The highest BCUT2D eigenvalue weighted by atomic mass is 16.3. The second-order valence-electron chi connectivity index (χ2n) is 5.04. The Bertz CT molecular complexity index is 873. The van der Waals surface area contributed by atoms with Gasteiger partial charge in [-0.25, -0.2) is 4.52 Å². The summed E-state index contributed by atoms with van der Waals surface area (Å²) < 4.78 is 7.87. The second kappa shape index (κ2) is 4.75. The molecule has 0 aliphatic rings. The molecule has 3 heterocycles. The van der Waals surface area contributed by atoms with Gasteiger partial charge in [-0.3, -0.25) is 0 Å². The Hall–Kier alpha value is -2.59. The summed E-state index contributed by atoms with van der Waals surface area (Å²) in [7, 11) is 1.93. The van der Waals surface area contributed by atoms with Gasteiger partial charge in [-0.05, 0) is 31.3 Å². The third kappa shape index (κ3) is 1.92. The van der Waals surface area contributed by atoms with Crippen LogP contribution in [0.15, 0.2) is 65.3 Å². The van der Waals surface area contributed by atoms with E-state index < -0.39 is 0 Å². The van der Waals surface area contributed by atoms with Crippen LogP contribution in [0.4, 0.5) is 0 Å². The first-order valence-corrected chi connectivity index (χ1v) is 6.95. The highest BCUT2D eigenvalue weighted by Crippen LogP contribution is 2.30. The van der Waals surface area contributed by atoms with Crippen LogP contribution in [0, 0.1) is 0 Å². The summed E-state index contributed by atoms with van der Waals surface area (Å²) in [4.78, 5) is 0. The summed E-state index contributed by atoms with van der Waals surface area (Å²) in [6.45, 7) is 0. The molecule has 1 aromatic carbocycles. The molecule has 104 valence electrons. The summed E-state index contributed by atoms with van der Waals surface area (Å²) in [6.07, 6.45) is 3.84. The van der Waals surface area contributed by atoms with Crippen LogP contribution < -0.4 is 5.32 Å².